The molecule has 1 aromatic carbocycles. The summed E-state index contributed by atoms with van der Waals surface area (Å²) >= 11 is 0. The number of fused-ring (bicyclic) bond motifs is 1. The predicted molar refractivity (Wildman–Crippen MR) is 174 cm³/mol. The van der Waals surface area contributed by atoms with Crippen LogP contribution < -0.4 is 21.5 Å². The van der Waals surface area contributed by atoms with Crippen molar-refractivity contribution >= 4 is 93.1 Å². The topological polar surface area (TPSA) is 115 Å². The molecule has 0 amide bonds. The SMILES string of the molecule is Br.Br.Br.C(=C\c1ccc(-c2cn3cc(/C=C/C=N/NC4=NCCN4)ccc3n2)cc1)/C=N/NC1=NCCN1. The summed E-state index contributed by atoms with van der Waals surface area (Å²) in [6.45, 7) is 3.27. The normalized spacial score (nSPS) is 14.6. The van der Waals surface area contributed by atoms with Gasteiger partial charge in [0.2, 0.25) is 11.9 Å². The zero-order valence-corrected chi connectivity index (χ0v) is 25.5. The molecular formula is C25H29Br3N10. The van der Waals surface area contributed by atoms with Crippen molar-refractivity contribution in [1.29, 1.82) is 0 Å². The monoisotopic (exact) mass is 706 g/mol. The molecule has 0 bridgehead atoms. The average molecular weight is 709 g/mol. The number of nitrogens with one attached hydrogen (secondary N) is 4. The van der Waals surface area contributed by atoms with Crippen molar-refractivity contribution in [3.63, 3.8) is 0 Å². The Kier molecular flexibility index (Phi) is 12.9. The number of hydrazone groups is 2. The molecule has 2 aromatic heterocycles. The van der Waals surface area contributed by atoms with Gasteiger partial charge in [-0.05, 0) is 35.4 Å². The van der Waals surface area contributed by atoms with Gasteiger partial charge in [0.05, 0.1) is 18.8 Å². The molecule has 0 saturated heterocycles. The molecule has 2 aliphatic rings. The molecule has 0 fully saturated rings. The van der Waals surface area contributed by atoms with Gasteiger partial charge in [-0.2, -0.15) is 10.2 Å². The number of benzene rings is 1. The van der Waals surface area contributed by atoms with Crippen LogP contribution >= 0.6 is 50.9 Å². The highest BCUT2D eigenvalue weighted by molar-refractivity contribution is 8.93. The maximum atomic E-state index is 4.75. The predicted octanol–water partition coefficient (Wildman–Crippen LogP) is 3.83. The standard InChI is InChI=1S/C25H26N10.3BrH/c1(11-30-33-24-26-13-14-27-24)3-19-5-8-21(9-6-19)22-18-35-17-20(7-10-23(35)32-22)4-2-12-31-34-25-28-15-16-29-25;;;/h1-12,17-18H,13-16H2,(H2,26,27,33)(H2,28,29,34);3*1H/b3-1+,4-2+,30-11+,31-12+;;;. The third-order valence-corrected chi connectivity index (χ3v) is 5.27. The maximum Gasteiger partial charge on any atom is 0.212 e. The van der Waals surface area contributed by atoms with Crippen LogP contribution in [-0.2, 0) is 0 Å². The highest BCUT2D eigenvalue weighted by Crippen LogP contribution is 2.21. The van der Waals surface area contributed by atoms with E-state index in [9.17, 15) is 0 Å². The zero-order valence-electron chi connectivity index (χ0n) is 20.3. The fraction of sp³-hybridized carbons (Fsp3) is 0.160. The molecule has 0 radical (unpaired) electrons. The second-order valence-corrected chi connectivity index (χ2v) is 7.79. The quantitative estimate of drug-likeness (QED) is 0.220. The van der Waals surface area contributed by atoms with E-state index < -0.39 is 0 Å². The number of hydrogen-bond donors (Lipinski definition) is 4. The van der Waals surface area contributed by atoms with Gasteiger partial charge in [0.25, 0.3) is 0 Å². The fourth-order valence-electron chi connectivity index (χ4n) is 3.55. The van der Waals surface area contributed by atoms with E-state index >= 15 is 0 Å². The zero-order chi connectivity index (χ0) is 23.7. The molecule has 200 valence electrons. The van der Waals surface area contributed by atoms with E-state index in [1.54, 1.807) is 12.4 Å². The molecule has 0 spiro atoms. The Balaban J connectivity index is 0.00000169. The van der Waals surface area contributed by atoms with Crippen LogP contribution in [0.1, 0.15) is 11.1 Å². The molecule has 3 aromatic rings. The summed E-state index contributed by atoms with van der Waals surface area (Å²) in [4.78, 5) is 13.2. The number of pyridine rings is 1. The van der Waals surface area contributed by atoms with Gasteiger partial charge in [-0.3, -0.25) is 0 Å². The fourth-order valence-corrected chi connectivity index (χ4v) is 3.55. The number of guanidine groups is 2. The summed E-state index contributed by atoms with van der Waals surface area (Å²) in [7, 11) is 0. The molecule has 4 heterocycles. The number of halogens is 3. The van der Waals surface area contributed by atoms with Gasteiger partial charge in [0.15, 0.2) is 0 Å². The first-order valence-electron chi connectivity index (χ1n) is 11.4. The number of hydrogen-bond acceptors (Lipinski definition) is 9. The summed E-state index contributed by atoms with van der Waals surface area (Å²) < 4.78 is 2.03. The van der Waals surface area contributed by atoms with Gasteiger partial charge in [-0.15, -0.1) is 50.9 Å². The lowest BCUT2D eigenvalue weighted by Crippen LogP contribution is -2.29. The molecule has 13 heteroatoms. The largest absolute Gasteiger partial charge is 0.353 e. The first kappa shape index (κ1) is 30.9. The first-order chi connectivity index (χ1) is 17.3. The summed E-state index contributed by atoms with van der Waals surface area (Å²) in [5.74, 6) is 1.42. The van der Waals surface area contributed by atoms with Crippen molar-refractivity contribution < 1.29 is 0 Å². The summed E-state index contributed by atoms with van der Waals surface area (Å²) in [5, 5.41) is 14.4. The van der Waals surface area contributed by atoms with E-state index in [0.717, 1.165) is 54.2 Å². The van der Waals surface area contributed by atoms with Crippen LogP contribution in [0.15, 0.2) is 81.1 Å². The van der Waals surface area contributed by atoms with Crippen molar-refractivity contribution in [2.24, 2.45) is 20.2 Å². The molecule has 0 atom stereocenters. The van der Waals surface area contributed by atoms with Gasteiger partial charge in [-0.1, -0.05) is 36.4 Å². The molecular weight excluding hydrogens is 680 g/mol. The van der Waals surface area contributed by atoms with E-state index in [4.69, 9.17) is 4.98 Å². The van der Waals surface area contributed by atoms with Crippen molar-refractivity contribution in [1.82, 2.24) is 30.9 Å². The van der Waals surface area contributed by atoms with E-state index in [2.05, 4.69) is 65.9 Å². The lowest BCUT2D eigenvalue weighted by atomic mass is 10.1. The van der Waals surface area contributed by atoms with Crippen LogP contribution in [0, 0.1) is 0 Å². The van der Waals surface area contributed by atoms with Gasteiger partial charge in [0.1, 0.15) is 5.65 Å². The maximum absolute atomic E-state index is 4.75. The molecule has 2 aliphatic heterocycles. The van der Waals surface area contributed by atoms with Crippen molar-refractivity contribution in [3.05, 3.63) is 72.1 Å². The van der Waals surface area contributed by atoms with Crippen LogP contribution in [-0.4, -0.2) is 59.9 Å². The van der Waals surface area contributed by atoms with Gasteiger partial charge < -0.3 is 15.0 Å². The molecule has 38 heavy (non-hydrogen) atoms. The van der Waals surface area contributed by atoms with Crippen LogP contribution in [0.4, 0.5) is 0 Å². The minimum Gasteiger partial charge on any atom is -0.353 e. The molecule has 0 saturated carbocycles. The third-order valence-electron chi connectivity index (χ3n) is 5.27. The van der Waals surface area contributed by atoms with E-state index in [1.165, 1.54) is 0 Å². The number of imidazole rings is 1. The molecule has 5 rings (SSSR count). The second kappa shape index (κ2) is 15.8. The summed E-state index contributed by atoms with van der Waals surface area (Å²) in [6.07, 6.45) is 15.2. The highest BCUT2D eigenvalue weighted by Gasteiger charge is 2.05. The lowest BCUT2D eigenvalue weighted by Gasteiger charge is -1.98. The van der Waals surface area contributed by atoms with Gasteiger partial charge in [0, 0.05) is 43.5 Å². The van der Waals surface area contributed by atoms with Crippen molar-refractivity contribution in [2.45, 2.75) is 0 Å². The second-order valence-electron chi connectivity index (χ2n) is 7.79. The van der Waals surface area contributed by atoms with Gasteiger partial charge in [-0.25, -0.2) is 25.8 Å². The average Bonchev–Trinajstić information content (AvgIpc) is 3.66. The minimum atomic E-state index is 0. The Morgan fingerprint density at radius 2 is 1.32 bits per heavy atom. The minimum absolute atomic E-state index is 0. The summed E-state index contributed by atoms with van der Waals surface area (Å²) in [5.41, 5.74) is 10.8. The first-order valence-corrected chi connectivity index (χ1v) is 11.4. The Hall–Kier alpha value is -3.29. The van der Waals surface area contributed by atoms with E-state index in [1.807, 2.05) is 53.2 Å². The van der Waals surface area contributed by atoms with Crippen LogP contribution in [0.5, 0.6) is 0 Å². The van der Waals surface area contributed by atoms with Crippen LogP contribution in [0.3, 0.4) is 0 Å². The summed E-state index contributed by atoms with van der Waals surface area (Å²) in [6, 6.07) is 12.3. The number of allylic oxidation sites excluding steroid dienone is 2. The Bertz CT molecular complexity index is 1360. The van der Waals surface area contributed by atoms with E-state index in [0.29, 0.717) is 11.9 Å². The van der Waals surface area contributed by atoms with Crippen molar-refractivity contribution in [3.8, 4) is 11.3 Å². The molecule has 4 N–H and O–H groups in total. The van der Waals surface area contributed by atoms with Crippen molar-refractivity contribution in [2.75, 3.05) is 26.2 Å². The highest BCUT2D eigenvalue weighted by atomic mass is 79.9. The number of aliphatic imine (C=N–C) groups is 2. The number of nitrogens with zero attached hydrogens (tertiary/aromatic N) is 6. The van der Waals surface area contributed by atoms with Crippen LogP contribution in [0.2, 0.25) is 0 Å². The molecule has 0 aliphatic carbocycles. The Morgan fingerprint density at radius 1 is 0.737 bits per heavy atom. The smallest absolute Gasteiger partial charge is 0.212 e. The number of rotatable bonds is 7. The Morgan fingerprint density at radius 3 is 1.89 bits per heavy atom. The third kappa shape index (κ3) is 8.64. The van der Waals surface area contributed by atoms with E-state index in [-0.39, 0.29) is 50.9 Å². The van der Waals surface area contributed by atoms with Gasteiger partial charge >= 0.3 is 0 Å². The number of aromatic nitrogens is 2. The Labute approximate surface area is 252 Å². The molecule has 0 unspecified atom stereocenters. The molecule has 10 nitrogen and oxygen atoms in total. The lowest BCUT2D eigenvalue weighted by molar-refractivity contribution is 0.920. The van der Waals surface area contributed by atoms with Crippen LogP contribution in [0.25, 0.3) is 29.1 Å².